The number of rotatable bonds is 5. The third kappa shape index (κ3) is 4.61. The molecule has 3 heterocycles. The summed E-state index contributed by atoms with van der Waals surface area (Å²) in [5, 5.41) is 1.26. The molecular weight excluding hydrogens is 432 g/mol. The summed E-state index contributed by atoms with van der Waals surface area (Å²) in [7, 11) is 2.25. The molecule has 3 unspecified atom stereocenters. The highest BCUT2D eigenvalue weighted by atomic mass is 16.5. The molecule has 5 nitrogen and oxygen atoms in total. The minimum Gasteiger partial charge on any atom is -0.494 e. The van der Waals surface area contributed by atoms with Crippen molar-refractivity contribution in [3.63, 3.8) is 0 Å². The SMILES string of the molecule is CCOc1ccc2nccc(C3CCC4C=C(N5CCC(N6CCN(C)CC6)CC5)C=CC43)c2c1. The van der Waals surface area contributed by atoms with Gasteiger partial charge in [-0.3, -0.25) is 9.88 Å². The highest BCUT2D eigenvalue weighted by molar-refractivity contribution is 5.84. The molecule has 0 spiro atoms. The quantitative estimate of drug-likeness (QED) is 0.617. The summed E-state index contributed by atoms with van der Waals surface area (Å²) < 4.78 is 5.81. The predicted molar refractivity (Wildman–Crippen MR) is 143 cm³/mol. The number of likely N-dealkylation sites (tertiary alicyclic amines) is 1. The minimum absolute atomic E-state index is 0.555. The van der Waals surface area contributed by atoms with Gasteiger partial charge in [-0.05, 0) is 93.3 Å². The smallest absolute Gasteiger partial charge is 0.120 e. The van der Waals surface area contributed by atoms with Crippen LogP contribution in [0.4, 0.5) is 0 Å². The van der Waals surface area contributed by atoms with E-state index in [1.165, 1.54) is 81.6 Å². The maximum absolute atomic E-state index is 5.81. The summed E-state index contributed by atoms with van der Waals surface area (Å²) in [4.78, 5) is 12.5. The molecule has 1 saturated carbocycles. The summed E-state index contributed by atoms with van der Waals surface area (Å²) in [6, 6.07) is 9.38. The van der Waals surface area contributed by atoms with Gasteiger partial charge < -0.3 is 14.5 Å². The van der Waals surface area contributed by atoms with Gasteiger partial charge in [0.2, 0.25) is 0 Å². The van der Waals surface area contributed by atoms with Crippen molar-refractivity contribution in [2.24, 2.45) is 11.8 Å². The molecule has 2 saturated heterocycles. The molecule has 2 aliphatic carbocycles. The minimum atomic E-state index is 0.555. The Morgan fingerprint density at radius 2 is 1.80 bits per heavy atom. The van der Waals surface area contributed by atoms with Crippen LogP contribution in [-0.2, 0) is 0 Å². The molecule has 3 atom stereocenters. The lowest BCUT2D eigenvalue weighted by atomic mass is 9.81. The fourth-order valence-electron chi connectivity index (χ4n) is 6.99. The molecule has 2 aliphatic heterocycles. The molecule has 186 valence electrons. The van der Waals surface area contributed by atoms with E-state index < -0.39 is 0 Å². The second kappa shape index (κ2) is 9.94. The van der Waals surface area contributed by atoms with E-state index in [0.29, 0.717) is 24.4 Å². The molecule has 3 fully saturated rings. The molecule has 35 heavy (non-hydrogen) atoms. The molecule has 4 aliphatic rings. The van der Waals surface area contributed by atoms with Gasteiger partial charge in [-0.15, -0.1) is 0 Å². The Morgan fingerprint density at radius 3 is 2.60 bits per heavy atom. The van der Waals surface area contributed by atoms with Crippen LogP contribution < -0.4 is 4.74 Å². The van der Waals surface area contributed by atoms with Crippen LogP contribution in [0.5, 0.6) is 5.75 Å². The number of nitrogens with zero attached hydrogens (tertiary/aromatic N) is 4. The van der Waals surface area contributed by atoms with E-state index in [1.807, 2.05) is 19.2 Å². The third-order valence-corrected chi connectivity index (χ3v) is 8.99. The topological polar surface area (TPSA) is 31.8 Å². The number of piperazine rings is 1. The van der Waals surface area contributed by atoms with E-state index in [2.05, 4.69) is 63.2 Å². The van der Waals surface area contributed by atoms with Crippen molar-refractivity contribution in [1.29, 1.82) is 0 Å². The Balaban J connectivity index is 1.13. The molecule has 6 rings (SSSR count). The number of ether oxygens (including phenoxy) is 1. The molecule has 0 bridgehead atoms. The molecular formula is C30H40N4O. The highest BCUT2D eigenvalue weighted by Crippen LogP contribution is 2.49. The Morgan fingerprint density at radius 1 is 0.971 bits per heavy atom. The van der Waals surface area contributed by atoms with Crippen molar-refractivity contribution in [2.75, 3.05) is 52.9 Å². The molecule has 2 aromatic rings. The first-order valence-electron chi connectivity index (χ1n) is 13.8. The van der Waals surface area contributed by atoms with Gasteiger partial charge in [0.1, 0.15) is 5.75 Å². The number of piperidine rings is 1. The molecule has 5 heteroatoms. The maximum atomic E-state index is 5.81. The Kier molecular flexibility index (Phi) is 6.55. The van der Waals surface area contributed by atoms with Gasteiger partial charge in [-0.2, -0.15) is 0 Å². The molecule has 1 aromatic carbocycles. The maximum Gasteiger partial charge on any atom is 0.120 e. The average Bonchev–Trinajstić information content (AvgIpc) is 3.32. The van der Waals surface area contributed by atoms with E-state index in [9.17, 15) is 0 Å². The van der Waals surface area contributed by atoms with Crippen molar-refractivity contribution in [1.82, 2.24) is 19.7 Å². The normalized spacial score (nSPS) is 28.3. The third-order valence-electron chi connectivity index (χ3n) is 8.99. The number of benzene rings is 1. The van der Waals surface area contributed by atoms with Crippen LogP contribution in [0.1, 0.15) is 44.1 Å². The van der Waals surface area contributed by atoms with E-state index >= 15 is 0 Å². The zero-order chi connectivity index (χ0) is 23.8. The number of fused-ring (bicyclic) bond motifs is 2. The van der Waals surface area contributed by atoms with Crippen molar-refractivity contribution in [3.8, 4) is 5.75 Å². The lowest BCUT2D eigenvalue weighted by Crippen LogP contribution is -2.52. The van der Waals surface area contributed by atoms with Crippen LogP contribution in [0.15, 0.2) is 54.4 Å². The van der Waals surface area contributed by atoms with Crippen LogP contribution in [-0.4, -0.2) is 78.6 Å². The van der Waals surface area contributed by atoms with Crippen molar-refractivity contribution >= 4 is 10.9 Å². The second-order valence-electron chi connectivity index (χ2n) is 10.9. The summed E-state index contributed by atoms with van der Waals surface area (Å²) in [6.07, 6.45) is 14.7. The first kappa shape index (κ1) is 23.1. The van der Waals surface area contributed by atoms with Gasteiger partial charge in [0.25, 0.3) is 0 Å². The Bertz CT molecular complexity index is 1090. The summed E-state index contributed by atoms with van der Waals surface area (Å²) in [6.45, 7) is 10.1. The van der Waals surface area contributed by atoms with Crippen molar-refractivity contribution < 1.29 is 4.74 Å². The predicted octanol–water partition coefficient (Wildman–Crippen LogP) is 4.91. The number of aromatic nitrogens is 1. The number of hydrogen-bond acceptors (Lipinski definition) is 5. The van der Waals surface area contributed by atoms with Gasteiger partial charge in [0.05, 0.1) is 12.1 Å². The number of likely N-dealkylation sites (N-methyl/N-ethyl adjacent to an activating group) is 1. The van der Waals surface area contributed by atoms with Crippen LogP contribution in [0.2, 0.25) is 0 Å². The molecule has 0 radical (unpaired) electrons. The fraction of sp³-hybridized carbons (Fsp3) is 0.567. The number of allylic oxidation sites excluding steroid dienone is 3. The van der Waals surface area contributed by atoms with Crippen LogP contribution in [0.3, 0.4) is 0 Å². The zero-order valence-corrected chi connectivity index (χ0v) is 21.4. The van der Waals surface area contributed by atoms with Crippen LogP contribution in [0, 0.1) is 11.8 Å². The lowest BCUT2D eigenvalue weighted by Gasteiger charge is -2.43. The zero-order valence-electron chi connectivity index (χ0n) is 21.4. The van der Waals surface area contributed by atoms with E-state index in [1.54, 1.807) is 0 Å². The number of pyridine rings is 1. The summed E-state index contributed by atoms with van der Waals surface area (Å²) in [5.41, 5.74) is 3.99. The van der Waals surface area contributed by atoms with E-state index in [-0.39, 0.29) is 0 Å². The van der Waals surface area contributed by atoms with Gasteiger partial charge in [-0.1, -0.05) is 12.2 Å². The average molecular weight is 473 g/mol. The van der Waals surface area contributed by atoms with Crippen molar-refractivity contribution in [2.45, 2.75) is 44.6 Å². The first-order chi connectivity index (χ1) is 17.2. The highest BCUT2D eigenvalue weighted by Gasteiger charge is 2.37. The Hall–Kier alpha value is -2.37. The second-order valence-corrected chi connectivity index (χ2v) is 10.9. The largest absolute Gasteiger partial charge is 0.494 e. The molecule has 1 aromatic heterocycles. The summed E-state index contributed by atoms with van der Waals surface area (Å²) >= 11 is 0. The Labute approximate surface area is 210 Å². The number of hydrogen-bond donors (Lipinski definition) is 0. The standard InChI is InChI=1S/C30H40N4O/c1-3-35-25-6-9-30-29(21-25)28(10-13-31-30)27-7-4-22-20-24(5-8-26(22)27)33-14-11-23(12-15-33)34-18-16-32(2)17-19-34/h5-6,8-10,13,20-23,26-27H,3-4,7,11-12,14-19H2,1-2H3. The first-order valence-corrected chi connectivity index (χ1v) is 13.8. The van der Waals surface area contributed by atoms with E-state index in [0.717, 1.165) is 17.3 Å². The molecule has 0 N–H and O–H groups in total. The lowest BCUT2D eigenvalue weighted by molar-refractivity contribution is 0.0762. The fourth-order valence-corrected chi connectivity index (χ4v) is 6.99. The van der Waals surface area contributed by atoms with Crippen LogP contribution >= 0.6 is 0 Å². The summed E-state index contributed by atoms with van der Waals surface area (Å²) in [5.74, 6) is 2.74. The van der Waals surface area contributed by atoms with Gasteiger partial charge in [-0.25, -0.2) is 0 Å². The van der Waals surface area contributed by atoms with Gasteiger partial charge >= 0.3 is 0 Å². The van der Waals surface area contributed by atoms with E-state index in [4.69, 9.17) is 4.74 Å². The van der Waals surface area contributed by atoms with Gasteiger partial charge in [0, 0.05) is 62.6 Å². The van der Waals surface area contributed by atoms with Crippen molar-refractivity contribution in [3.05, 3.63) is 60.0 Å². The van der Waals surface area contributed by atoms with Gasteiger partial charge in [0.15, 0.2) is 0 Å². The van der Waals surface area contributed by atoms with Crippen LogP contribution in [0.25, 0.3) is 10.9 Å². The monoisotopic (exact) mass is 472 g/mol. The molecule has 0 amide bonds.